The predicted octanol–water partition coefficient (Wildman–Crippen LogP) is 6.13. The molecule has 1 aliphatic heterocycles. The summed E-state index contributed by atoms with van der Waals surface area (Å²) >= 11 is 0. The predicted molar refractivity (Wildman–Crippen MR) is 108 cm³/mol. The first kappa shape index (κ1) is 19.7. The minimum absolute atomic E-state index is 0.125. The lowest BCUT2D eigenvalue weighted by atomic mass is 10.0. The number of alkyl halides is 3. The van der Waals surface area contributed by atoms with Gasteiger partial charge in [-0.05, 0) is 34.9 Å². The van der Waals surface area contributed by atoms with Gasteiger partial charge in [-0.15, -0.1) is 0 Å². The first-order valence-electron chi connectivity index (χ1n) is 9.25. The van der Waals surface area contributed by atoms with Crippen molar-refractivity contribution in [1.82, 2.24) is 0 Å². The van der Waals surface area contributed by atoms with Gasteiger partial charge >= 0.3 is 12.3 Å². The lowest BCUT2D eigenvalue weighted by Gasteiger charge is -2.09. The standard InChI is InChI=1S/C23H17F3N2O2/c24-23(25,26)18-10-4-8-16(12-18)20-13-17-9-5-11-19(21(17)27-20)28-22(29)30-14-15-6-2-1-3-7-15/h1-12H,13-14H2,(H,28,29). The quantitative estimate of drug-likeness (QED) is 0.562. The second kappa shape index (κ2) is 8.02. The number of hydrogen-bond donors (Lipinski definition) is 1. The van der Waals surface area contributed by atoms with E-state index >= 15 is 0 Å². The number of amides is 1. The van der Waals surface area contributed by atoms with Crippen molar-refractivity contribution in [2.24, 2.45) is 4.99 Å². The Kier molecular flexibility index (Phi) is 5.27. The topological polar surface area (TPSA) is 50.7 Å². The maximum Gasteiger partial charge on any atom is 0.416 e. The molecular formula is C23H17F3N2O2. The highest BCUT2D eigenvalue weighted by atomic mass is 19.4. The molecule has 3 aromatic rings. The van der Waals surface area contributed by atoms with Crippen LogP contribution in [0.5, 0.6) is 0 Å². The van der Waals surface area contributed by atoms with Gasteiger partial charge in [0.1, 0.15) is 6.61 Å². The molecule has 4 nitrogen and oxygen atoms in total. The number of carbonyl (C=O) groups is 1. The van der Waals surface area contributed by atoms with Gasteiger partial charge in [-0.1, -0.05) is 54.6 Å². The monoisotopic (exact) mass is 410 g/mol. The zero-order chi connectivity index (χ0) is 21.1. The van der Waals surface area contributed by atoms with Gasteiger partial charge in [-0.25, -0.2) is 9.79 Å². The Morgan fingerprint density at radius 1 is 1.00 bits per heavy atom. The van der Waals surface area contributed by atoms with Gasteiger partial charge in [0.25, 0.3) is 0 Å². The summed E-state index contributed by atoms with van der Waals surface area (Å²) in [4.78, 5) is 16.7. The lowest BCUT2D eigenvalue weighted by molar-refractivity contribution is -0.137. The molecule has 152 valence electrons. The molecule has 0 saturated carbocycles. The number of anilines is 1. The van der Waals surface area contributed by atoms with Gasteiger partial charge in [0.05, 0.1) is 22.6 Å². The molecule has 0 aliphatic carbocycles. The Balaban J connectivity index is 1.51. The first-order valence-corrected chi connectivity index (χ1v) is 9.25. The van der Waals surface area contributed by atoms with E-state index in [0.717, 1.165) is 23.3 Å². The van der Waals surface area contributed by atoms with Gasteiger partial charge in [-0.2, -0.15) is 13.2 Å². The summed E-state index contributed by atoms with van der Waals surface area (Å²) in [5, 5.41) is 2.67. The summed E-state index contributed by atoms with van der Waals surface area (Å²) in [6.45, 7) is 0.125. The summed E-state index contributed by atoms with van der Waals surface area (Å²) in [5.41, 5.74) is 2.86. The van der Waals surface area contributed by atoms with Crippen LogP contribution < -0.4 is 5.32 Å². The smallest absolute Gasteiger partial charge is 0.416 e. The van der Waals surface area contributed by atoms with Crippen LogP contribution in [0.25, 0.3) is 0 Å². The molecule has 0 bridgehead atoms. The zero-order valence-corrected chi connectivity index (χ0v) is 15.7. The highest BCUT2D eigenvalue weighted by Crippen LogP contribution is 2.37. The number of hydrogen-bond acceptors (Lipinski definition) is 3. The largest absolute Gasteiger partial charge is 0.444 e. The summed E-state index contributed by atoms with van der Waals surface area (Å²) in [6.07, 6.45) is -4.67. The Hall–Kier alpha value is -3.61. The van der Waals surface area contributed by atoms with E-state index in [-0.39, 0.29) is 6.61 Å². The van der Waals surface area contributed by atoms with Crippen molar-refractivity contribution in [3.8, 4) is 0 Å². The molecule has 30 heavy (non-hydrogen) atoms. The van der Waals surface area contributed by atoms with Crippen LogP contribution >= 0.6 is 0 Å². The normalized spacial score (nSPS) is 12.8. The molecule has 0 unspecified atom stereocenters. The third-order valence-electron chi connectivity index (χ3n) is 4.70. The fraction of sp³-hybridized carbons (Fsp3) is 0.130. The fourth-order valence-corrected chi connectivity index (χ4v) is 3.23. The average molecular weight is 410 g/mol. The average Bonchev–Trinajstić information content (AvgIpc) is 3.18. The molecule has 1 N–H and O–H groups in total. The molecular weight excluding hydrogens is 393 g/mol. The number of para-hydroxylation sites is 1. The number of carbonyl (C=O) groups excluding carboxylic acids is 1. The molecule has 1 heterocycles. The van der Waals surface area contributed by atoms with Crippen molar-refractivity contribution in [2.45, 2.75) is 19.2 Å². The SMILES string of the molecule is O=C(Nc1cccc2c1N=C(c1cccc(C(F)(F)F)c1)C2)OCc1ccccc1. The maximum atomic E-state index is 13.0. The molecule has 3 aromatic carbocycles. The van der Waals surface area contributed by atoms with Crippen LogP contribution in [-0.4, -0.2) is 11.8 Å². The van der Waals surface area contributed by atoms with Crippen LogP contribution in [0.3, 0.4) is 0 Å². The van der Waals surface area contributed by atoms with Gasteiger partial charge in [0.2, 0.25) is 0 Å². The van der Waals surface area contributed by atoms with Crippen LogP contribution in [0, 0.1) is 0 Å². The Morgan fingerprint density at radius 2 is 1.77 bits per heavy atom. The number of aliphatic imine (C=N–C) groups is 1. The molecule has 4 rings (SSSR count). The van der Waals surface area contributed by atoms with E-state index in [9.17, 15) is 18.0 Å². The summed E-state index contributed by atoms with van der Waals surface area (Å²) in [5.74, 6) is 0. The molecule has 1 aliphatic rings. The van der Waals surface area contributed by atoms with Gasteiger partial charge in [0, 0.05) is 6.42 Å². The third-order valence-corrected chi connectivity index (χ3v) is 4.70. The third kappa shape index (κ3) is 4.35. The number of benzene rings is 3. The van der Waals surface area contributed by atoms with Crippen molar-refractivity contribution in [1.29, 1.82) is 0 Å². The van der Waals surface area contributed by atoms with Gasteiger partial charge in [0.15, 0.2) is 0 Å². The summed E-state index contributed by atoms with van der Waals surface area (Å²) in [7, 11) is 0. The van der Waals surface area contributed by atoms with Gasteiger partial charge in [-0.3, -0.25) is 5.32 Å². The Labute approximate surface area is 171 Å². The lowest BCUT2D eigenvalue weighted by Crippen LogP contribution is -2.13. The molecule has 0 spiro atoms. The number of ether oxygens (including phenoxy) is 1. The number of fused-ring (bicyclic) bond motifs is 1. The Bertz CT molecular complexity index is 1110. The van der Waals surface area contributed by atoms with E-state index in [1.54, 1.807) is 18.2 Å². The molecule has 0 saturated heterocycles. The van der Waals surface area contributed by atoms with Crippen molar-refractivity contribution in [2.75, 3.05) is 5.32 Å². The van der Waals surface area contributed by atoms with Crippen molar-refractivity contribution in [3.63, 3.8) is 0 Å². The molecule has 7 heteroatoms. The van der Waals surface area contributed by atoms with Crippen molar-refractivity contribution < 1.29 is 22.7 Å². The number of rotatable bonds is 4. The molecule has 0 atom stereocenters. The van der Waals surface area contributed by atoms with E-state index < -0.39 is 17.8 Å². The minimum atomic E-state index is -4.42. The van der Waals surface area contributed by atoms with E-state index in [2.05, 4.69) is 10.3 Å². The van der Waals surface area contributed by atoms with Crippen molar-refractivity contribution in [3.05, 3.63) is 95.1 Å². The van der Waals surface area contributed by atoms with E-state index in [4.69, 9.17) is 4.74 Å². The second-order valence-electron chi connectivity index (χ2n) is 6.81. The summed E-state index contributed by atoms with van der Waals surface area (Å²) < 4.78 is 44.3. The molecule has 1 amide bonds. The zero-order valence-electron chi connectivity index (χ0n) is 15.7. The maximum absolute atomic E-state index is 13.0. The van der Waals surface area contributed by atoms with Crippen LogP contribution in [0.15, 0.2) is 77.8 Å². The highest BCUT2D eigenvalue weighted by Gasteiger charge is 2.31. The number of nitrogens with zero attached hydrogens (tertiary/aromatic N) is 1. The molecule has 0 radical (unpaired) electrons. The highest BCUT2D eigenvalue weighted by molar-refractivity contribution is 6.08. The number of nitrogens with one attached hydrogen (secondary N) is 1. The van der Waals surface area contributed by atoms with Gasteiger partial charge < -0.3 is 4.74 Å². The fourth-order valence-electron chi connectivity index (χ4n) is 3.23. The molecule has 0 aromatic heterocycles. The van der Waals surface area contributed by atoms with E-state index in [0.29, 0.717) is 29.1 Å². The second-order valence-corrected chi connectivity index (χ2v) is 6.81. The van der Waals surface area contributed by atoms with E-state index in [1.807, 2.05) is 36.4 Å². The number of halogens is 3. The van der Waals surface area contributed by atoms with Crippen molar-refractivity contribution >= 4 is 23.2 Å². The summed E-state index contributed by atoms with van der Waals surface area (Å²) in [6, 6.07) is 19.6. The van der Waals surface area contributed by atoms with E-state index in [1.165, 1.54) is 6.07 Å². The van der Waals surface area contributed by atoms with Crippen LogP contribution in [0.4, 0.5) is 29.3 Å². The molecule has 0 fully saturated rings. The van der Waals surface area contributed by atoms with Crippen LogP contribution in [-0.2, 0) is 23.9 Å². The minimum Gasteiger partial charge on any atom is -0.444 e. The Morgan fingerprint density at radius 3 is 2.53 bits per heavy atom. The van der Waals surface area contributed by atoms with Crippen LogP contribution in [0.1, 0.15) is 22.3 Å². The van der Waals surface area contributed by atoms with Crippen LogP contribution in [0.2, 0.25) is 0 Å². The first-order chi connectivity index (χ1) is 14.4.